The van der Waals surface area contributed by atoms with Crippen LogP contribution in [0.1, 0.15) is 20.8 Å². The van der Waals surface area contributed by atoms with E-state index in [1.54, 1.807) is 0 Å². The Morgan fingerprint density at radius 1 is 1.27 bits per heavy atom. The van der Waals surface area contributed by atoms with Crippen molar-refractivity contribution in [1.82, 2.24) is 0 Å². The molecule has 0 saturated heterocycles. The summed E-state index contributed by atoms with van der Waals surface area (Å²) < 4.78 is 0. The molecule has 0 radical (unpaired) electrons. The fourth-order valence-corrected chi connectivity index (χ4v) is 2.56. The lowest BCUT2D eigenvalue weighted by Crippen LogP contribution is -2.22. The highest BCUT2D eigenvalue weighted by Crippen LogP contribution is 2.19. The third-order valence-electron chi connectivity index (χ3n) is 2.92. The molecule has 0 fully saturated rings. The number of amides is 1. The van der Waals surface area contributed by atoms with E-state index in [4.69, 9.17) is 5.26 Å². The molecule has 2 aromatic rings. The van der Waals surface area contributed by atoms with Crippen molar-refractivity contribution in [3.63, 3.8) is 0 Å². The molecular weight excluding hydrogens is 300 g/mol. The number of aryl methyl sites for hydroxylation is 1. The van der Waals surface area contributed by atoms with Gasteiger partial charge in [-0.2, -0.15) is 5.26 Å². The molecule has 0 saturated carbocycles. The number of aromatic carboxylic acids is 1. The van der Waals surface area contributed by atoms with Gasteiger partial charge in [0, 0.05) is 10.6 Å². The van der Waals surface area contributed by atoms with Gasteiger partial charge in [0.2, 0.25) is 0 Å². The Balaban J connectivity index is 2.16. The molecule has 0 atom stereocenters. The third-order valence-corrected chi connectivity index (χ3v) is 3.89. The van der Waals surface area contributed by atoms with Crippen LogP contribution < -0.4 is 10.4 Å². The standard InChI is InChI=1S/C16H12N2O3S/c1-10-6-7-22-14(10)8-12(9-17)15(19)18-13-4-2-11(3-5-13)16(20)21/h2-8H,1H3,(H,18,19)(H,20,21)/p-1/b12-8+. The molecule has 110 valence electrons. The summed E-state index contributed by atoms with van der Waals surface area (Å²) >= 11 is 1.44. The Morgan fingerprint density at radius 3 is 2.45 bits per heavy atom. The van der Waals surface area contributed by atoms with Gasteiger partial charge in [-0.3, -0.25) is 4.79 Å². The summed E-state index contributed by atoms with van der Waals surface area (Å²) in [6.07, 6.45) is 1.53. The molecule has 2 rings (SSSR count). The number of thiophene rings is 1. The Labute approximate surface area is 131 Å². The number of nitrogens with one attached hydrogen (secondary N) is 1. The second kappa shape index (κ2) is 6.70. The zero-order valence-electron chi connectivity index (χ0n) is 11.6. The fraction of sp³-hybridized carbons (Fsp3) is 0.0625. The van der Waals surface area contributed by atoms with Crippen LogP contribution in [-0.2, 0) is 4.79 Å². The SMILES string of the molecule is Cc1ccsc1/C=C(\C#N)C(=O)Nc1ccc(C(=O)[O-])cc1. The molecule has 1 aromatic carbocycles. The molecule has 6 heteroatoms. The smallest absolute Gasteiger partial charge is 0.266 e. The quantitative estimate of drug-likeness (QED) is 0.690. The molecule has 0 aliphatic rings. The van der Waals surface area contributed by atoms with Gasteiger partial charge in [-0.15, -0.1) is 11.3 Å². The Bertz CT molecular complexity index is 782. The maximum atomic E-state index is 12.1. The van der Waals surface area contributed by atoms with Crippen molar-refractivity contribution in [1.29, 1.82) is 5.26 Å². The monoisotopic (exact) mass is 311 g/mol. The van der Waals surface area contributed by atoms with Crippen molar-refractivity contribution in [2.24, 2.45) is 0 Å². The van der Waals surface area contributed by atoms with Crippen LogP contribution in [-0.4, -0.2) is 11.9 Å². The van der Waals surface area contributed by atoms with Crippen LogP contribution in [0.15, 0.2) is 41.3 Å². The molecule has 1 heterocycles. The van der Waals surface area contributed by atoms with Crippen LogP contribution in [0, 0.1) is 18.3 Å². The van der Waals surface area contributed by atoms with Gasteiger partial charge in [-0.25, -0.2) is 0 Å². The summed E-state index contributed by atoms with van der Waals surface area (Å²) in [6.45, 7) is 1.90. The Morgan fingerprint density at radius 2 is 1.95 bits per heavy atom. The number of rotatable bonds is 4. The van der Waals surface area contributed by atoms with Gasteiger partial charge in [-0.05, 0) is 47.7 Å². The largest absolute Gasteiger partial charge is 0.545 e. The number of nitrogens with zero attached hydrogens (tertiary/aromatic N) is 1. The average molecular weight is 311 g/mol. The van der Waals surface area contributed by atoms with Gasteiger partial charge in [0.05, 0.1) is 5.97 Å². The second-order valence-corrected chi connectivity index (χ2v) is 5.40. The van der Waals surface area contributed by atoms with E-state index in [0.717, 1.165) is 10.4 Å². The molecule has 0 bridgehead atoms. The minimum atomic E-state index is -1.29. The zero-order chi connectivity index (χ0) is 16.1. The third kappa shape index (κ3) is 3.59. The van der Waals surface area contributed by atoms with Crippen LogP contribution >= 0.6 is 11.3 Å². The normalized spacial score (nSPS) is 10.8. The minimum Gasteiger partial charge on any atom is -0.545 e. The van der Waals surface area contributed by atoms with Crippen LogP contribution in [0.2, 0.25) is 0 Å². The molecule has 1 aromatic heterocycles. The molecule has 0 spiro atoms. The van der Waals surface area contributed by atoms with Gasteiger partial charge in [-0.1, -0.05) is 12.1 Å². The predicted molar refractivity (Wildman–Crippen MR) is 82.0 cm³/mol. The summed E-state index contributed by atoms with van der Waals surface area (Å²) in [5.41, 5.74) is 1.39. The molecule has 1 amide bonds. The fourth-order valence-electron chi connectivity index (χ4n) is 1.70. The molecule has 0 aliphatic carbocycles. The first-order valence-electron chi connectivity index (χ1n) is 6.30. The Hall–Kier alpha value is -2.91. The first kappa shape index (κ1) is 15.5. The number of carboxylic acids is 1. The van der Waals surface area contributed by atoms with Gasteiger partial charge >= 0.3 is 0 Å². The summed E-state index contributed by atoms with van der Waals surface area (Å²) in [6, 6.07) is 9.30. The van der Waals surface area contributed by atoms with Crippen LogP contribution in [0.25, 0.3) is 6.08 Å². The topological polar surface area (TPSA) is 93.0 Å². The van der Waals surface area contributed by atoms with Crippen molar-refractivity contribution >= 4 is 35.0 Å². The van der Waals surface area contributed by atoms with E-state index in [9.17, 15) is 14.7 Å². The minimum absolute atomic E-state index is 0.0169. The summed E-state index contributed by atoms with van der Waals surface area (Å²) in [7, 11) is 0. The average Bonchev–Trinajstić information content (AvgIpc) is 2.90. The summed E-state index contributed by atoms with van der Waals surface area (Å²) in [5.74, 6) is -1.83. The van der Waals surface area contributed by atoms with Gasteiger partial charge in [0.15, 0.2) is 0 Å². The number of carboxylic acid groups (broad SMARTS) is 1. The van der Waals surface area contributed by atoms with Crippen LogP contribution in [0.3, 0.4) is 0 Å². The molecule has 0 aliphatic heterocycles. The van der Waals surface area contributed by atoms with Gasteiger partial charge in [0.25, 0.3) is 5.91 Å². The lowest BCUT2D eigenvalue weighted by atomic mass is 10.1. The highest BCUT2D eigenvalue weighted by molar-refractivity contribution is 7.11. The number of hydrogen-bond acceptors (Lipinski definition) is 5. The number of hydrogen-bond donors (Lipinski definition) is 1. The molecular formula is C16H11N2O3S-. The predicted octanol–water partition coefficient (Wildman–Crippen LogP) is 1.97. The van der Waals surface area contributed by atoms with E-state index >= 15 is 0 Å². The van der Waals surface area contributed by atoms with E-state index in [1.807, 2.05) is 24.4 Å². The summed E-state index contributed by atoms with van der Waals surface area (Å²) in [4.78, 5) is 23.6. The van der Waals surface area contributed by atoms with Crippen LogP contribution in [0.5, 0.6) is 0 Å². The molecule has 5 nitrogen and oxygen atoms in total. The number of anilines is 1. The van der Waals surface area contributed by atoms with Gasteiger partial charge in [0.1, 0.15) is 11.6 Å². The Kier molecular flexibility index (Phi) is 4.71. The molecule has 0 unspecified atom stereocenters. The van der Waals surface area contributed by atoms with E-state index in [0.29, 0.717) is 5.69 Å². The first-order chi connectivity index (χ1) is 10.5. The van der Waals surface area contributed by atoms with E-state index < -0.39 is 11.9 Å². The van der Waals surface area contributed by atoms with E-state index in [1.165, 1.54) is 41.7 Å². The second-order valence-electron chi connectivity index (χ2n) is 4.46. The van der Waals surface area contributed by atoms with Crippen molar-refractivity contribution in [2.45, 2.75) is 6.92 Å². The van der Waals surface area contributed by atoms with E-state index in [-0.39, 0.29) is 11.1 Å². The number of nitriles is 1. The highest BCUT2D eigenvalue weighted by Gasteiger charge is 2.10. The molecule has 1 N–H and O–H groups in total. The number of carbonyl (C=O) groups is 2. The van der Waals surface area contributed by atoms with Crippen LogP contribution in [0.4, 0.5) is 5.69 Å². The summed E-state index contributed by atoms with van der Waals surface area (Å²) in [5, 5.41) is 24.2. The van der Waals surface area contributed by atoms with Crippen molar-refractivity contribution < 1.29 is 14.7 Å². The van der Waals surface area contributed by atoms with Crippen molar-refractivity contribution in [3.05, 3.63) is 57.3 Å². The maximum absolute atomic E-state index is 12.1. The van der Waals surface area contributed by atoms with E-state index in [2.05, 4.69) is 5.32 Å². The van der Waals surface area contributed by atoms with Crippen molar-refractivity contribution in [3.8, 4) is 6.07 Å². The molecule has 22 heavy (non-hydrogen) atoms. The number of carbonyl (C=O) groups excluding carboxylic acids is 2. The zero-order valence-corrected chi connectivity index (χ0v) is 12.4. The van der Waals surface area contributed by atoms with Crippen molar-refractivity contribution in [2.75, 3.05) is 5.32 Å². The lowest BCUT2D eigenvalue weighted by molar-refractivity contribution is -0.255. The first-order valence-corrected chi connectivity index (χ1v) is 7.18. The maximum Gasteiger partial charge on any atom is 0.266 e. The number of benzene rings is 1. The van der Waals surface area contributed by atoms with Gasteiger partial charge < -0.3 is 15.2 Å². The highest BCUT2D eigenvalue weighted by atomic mass is 32.1. The lowest BCUT2D eigenvalue weighted by Gasteiger charge is -2.06.